The van der Waals surface area contributed by atoms with Crippen molar-refractivity contribution in [3.05, 3.63) is 102 Å². The maximum atomic E-state index is 13.0. The molecule has 3 aromatic rings. The molecule has 0 saturated heterocycles. The van der Waals surface area contributed by atoms with Crippen LogP contribution in [0.3, 0.4) is 0 Å². The Kier molecular flexibility index (Phi) is 13.1. The second-order valence-electron chi connectivity index (χ2n) is 9.32. The molecular formula is C33H36O9. The number of carbonyl (C=O) groups excluding carboxylic acids is 3. The van der Waals surface area contributed by atoms with Crippen molar-refractivity contribution in [3.63, 3.8) is 0 Å². The van der Waals surface area contributed by atoms with Gasteiger partial charge in [0.15, 0.2) is 5.75 Å². The number of carbonyl (C=O) groups is 3. The minimum absolute atomic E-state index is 0.0157. The summed E-state index contributed by atoms with van der Waals surface area (Å²) in [6.45, 7) is 8.38. The lowest BCUT2D eigenvalue weighted by molar-refractivity contribution is -0.217. The highest BCUT2D eigenvalue weighted by molar-refractivity contribution is 5.94. The van der Waals surface area contributed by atoms with Crippen molar-refractivity contribution in [1.29, 1.82) is 0 Å². The van der Waals surface area contributed by atoms with Crippen LogP contribution < -0.4 is 14.4 Å². The Bertz CT molecular complexity index is 1310. The zero-order chi connectivity index (χ0) is 30.2. The molecule has 0 N–H and O–H groups in total. The summed E-state index contributed by atoms with van der Waals surface area (Å²) in [5.74, 6) is -0.784. The van der Waals surface area contributed by atoms with E-state index in [1.165, 1.54) is 18.2 Å². The Balaban J connectivity index is 1.63. The van der Waals surface area contributed by atoms with Gasteiger partial charge in [0.1, 0.15) is 23.7 Å². The maximum Gasteiger partial charge on any atom is 0.343 e. The molecular weight excluding hydrogens is 540 g/mol. The topological polar surface area (TPSA) is 107 Å². The van der Waals surface area contributed by atoms with E-state index in [0.717, 1.165) is 35.8 Å². The second-order valence-corrected chi connectivity index (χ2v) is 9.32. The molecule has 0 aliphatic rings. The Morgan fingerprint density at radius 3 is 2.17 bits per heavy atom. The average molecular weight is 577 g/mol. The molecule has 0 amide bonds. The third-order valence-corrected chi connectivity index (χ3v) is 5.92. The van der Waals surface area contributed by atoms with E-state index < -0.39 is 17.9 Å². The van der Waals surface area contributed by atoms with Gasteiger partial charge in [-0.2, -0.15) is 4.89 Å². The van der Waals surface area contributed by atoms with Gasteiger partial charge in [0, 0.05) is 6.08 Å². The second kappa shape index (κ2) is 17.2. The van der Waals surface area contributed by atoms with E-state index in [-0.39, 0.29) is 36.9 Å². The van der Waals surface area contributed by atoms with Gasteiger partial charge in [-0.05, 0) is 74.2 Å². The zero-order valence-corrected chi connectivity index (χ0v) is 24.0. The summed E-state index contributed by atoms with van der Waals surface area (Å²) >= 11 is 0. The van der Waals surface area contributed by atoms with Crippen LogP contribution in [0.5, 0.6) is 17.2 Å². The van der Waals surface area contributed by atoms with E-state index >= 15 is 0 Å². The van der Waals surface area contributed by atoms with Crippen molar-refractivity contribution in [2.75, 3.05) is 19.8 Å². The minimum atomic E-state index is -0.696. The lowest BCUT2D eigenvalue weighted by atomic mass is 10.1. The standard InChI is InChI=1S/C33H36O9/c1-4-6-19-37-27-15-11-25(12-16-27)23-40-42-30-18-17-28(41-32(35)26-13-9-24(3)10-14-26)22-29(30)33(36)39-21-8-7-20-38-31(34)5-2/h5,9-18,22H,2,4,6-8,19-21,23H2,1,3H3. The molecule has 42 heavy (non-hydrogen) atoms. The molecule has 0 aliphatic heterocycles. The van der Waals surface area contributed by atoms with Crippen molar-refractivity contribution in [2.45, 2.75) is 46.1 Å². The number of esters is 3. The highest BCUT2D eigenvalue weighted by Crippen LogP contribution is 2.27. The number of ether oxygens (including phenoxy) is 4. The highest BCUT2D eigenvalue weighted by Gasteiger charge is 2.19. The van der Waals surface area contributed by atoms with E-state index in [1.54, 1.807) is 24.3 Å². The van der Waals surface area contributed by atoms with Gasteiger partial charge in [-0.3, -0.25) is 0 Å². The van der Waals surface area contributed by atoms with Crippen LogP contribution in [0.1, 0.15) is 64.4 Å². The van der Waals surface area contributed by atoms with Crippen LogP contribution in [-0.4, -0.2) is 37.7 Å². The summed E-state index contributed by atoms with van der Waals surface area (Å²) in [7, 11) is 0. The van der Waals surface area contributed by atoms with Gasteiger partial charge in [-0.25, -0.2) is 14.4 Å². The number of rotatable bonds is 17. The van der Waals surface area contributed by atoms with Gasteiger partial charge < -0.3 is 23.8 Å². The van der Waals surface area contributed by atoms with Crippen LogP contribution in [0.25, 0.3) is 0 Å². The van der Waals surface area contributed by atoms with E-state index in [2.05, 4.69) is 13.5 Å². The molecule has 0 saturated carbocycles. The fraction of sp³-hybridized carbons (Fsp3) is 0.303. The maximum absolute atomic E-state index is 13.0. The van der Waals surface area contributed by atoms with Crippen LogP contribution in [0.15, 0.2) is 79.4 Å². The van der Waals surface area contributed by atoms with Crippen LogP contribution in [0.2, 0.25) is 0 Å². The van der Waals surface area contributed by atoms with Gasteiger partial charge in [-0.15, -0.1) is 0 Å². The number of hydrogen-bond donors (Lipinski definition) is 0. The average Bonchev–Trinajstić information content (AvgIpc) is 3.00. The molecule has 0 radical (unpaired) electrons. The molecule has 0 fully saturated rings. The molecule has 0 aliphatic carbocycles. The third kappa shape index (κ3) is 10.7. The van der Waals surface area contributed by atoms with Crippen molar-refractivity contribution >= 4 is 17.9 Å². The largest absolute Gasteiger partial charge is 0.494 e. The Morgan fingerprint density at radius 1 is 0.786 bits per heavy atom. The Hall–Kier alpha value is -4.63. The minimum Gasteiger partial charge on any atom is -0.494 e. The molecule has 0 spiro atoms. The van der Waals surface area contributed by atoms with Crippen molar-refractivity contribution in [2.24, 2.45) is 0 Å². The first-order valence-electron chi connectivity index (χ1n) is 13.8. The molecule has 222 valence electrons. The first-order chi connectivity index (χ1) is 20.4. The van der Waals surface area contributed by atoms with E-state index in [9.17, 15) is 14.4 Å². The van der Waals surface area contributed by atoms with Gasteiger partial charge in [-0.1, -0.05) is 49.8 Å². The molecule has 0 aromatic heterocycles. The number of benzene rings is 3. The fourth-order valence-corrected chi connectivity index (χ4v) is 3.52. The molecule has 0 unspecified atom stereocenters. The third-order valence-electron chi connectivity index (χ3n) is 5.92. The van der Waals surface area contributed by atoms with Gasteiger partial charge in [0.25, 0.3) is 0 Å². The van der Waals surface area contributed by atoms with Crippen molar-refractivity contribution in [1.82, 2.24) is 0 Å². The summed E-state index contributed by atoms with van der Waals surface area (Å²) in [5, 5.41) is 0. The summed E-state index contributed by atoms with van der Waals surface area (Å²) < 4.78 is 21.5. The van der Waals surface area contributed by atoms with Crippen LogP contribution in [-0.2, 0) is 25.8 Å². The fourth-order valence-electron chi connectivity index (χ4n) is 3.52. The first kappa shape index (κ1) is 31.9. The van der Waals surface area contributed by atoms with Crippen molar-refractivity contribution < 1.29 is 43.1 Å². The van der Waals surface area contributed by atoms with Gasteiger partial charge >= 0.3 is 17.9 Å². The SMILES string of the molecule is C=CC(=O)OCCCCOC(=O)c1cc(OC(=O)c2ccc(C)cc2)ccc1OOCc1ccc(OCCCC)cc1. The predicted octanol–water partition coefficient (Wildman–Crippen LogP) is 6.57. The van der Waals surface area contributed by atoms with Gasteiger partial charge in [0.2, 0.25) is 0 Å². The predicted molar refractivity (Wildman–Crippen MR) is 156 cm³/mol. The molecule has 0 bridgehead atoms. The normalized spacial score (nSPS) is 10.4. The van der Waals surface area contributed by atoms with E-state index in [0.29, 0.717) is 25.0 Å². The Labute approximate surface area is 245 Å². The van der Waals surface area contributed by atoms with Crippen LogP contribution >= 0.6 is 0 Å². The van der Waals surface area contributed by atoms with Crippen LogP contribution in [0, 0.1) is 6.92 Å². The number of hydrogen-bond acceptors (Lipinski definition) is 9. The Morgan fingerprint density at radius 2 is 1.48 bits per heavy atom. The smallest absolute Gasteiger partial charge is 0.343 e. The molecule has 0 heterocycles. The van der Waals surface area contributed by atoms with E-state index in [1.807, 2.05) is 31.2 Å². The molecule has 0 atom stereocenters. The van der Waals surface area contributed by atoms with Crippen LogP contribution in [0.4, 0.5) is 0 Å². The summed E-state index contributed by atoms with van der Waals surface area (Å²) in [4.78, 5) is 47.6. The zero-order valence-electron chi connectivity index (χ0n) is 24.0. The summed E-state index contributed by atoms with van der Waals surface area (Å²) in [5.41, 5.74) is 2.23. The quantitative estimate of drug-likeness (QED) is 0.0440. The molecule has 3 rings (SSSR count). The first-order valence-corrected chi connectivity index (χ1v) is 13.8. The lowest BCUT2D eigenvalue weighted by Gasteiger charge is -2.13. The number of unbranched alkanes of at least 4 members (excludes halogenated alkanes) is 2. The van der Waals surface area contributed by atoms with Crippen molar-refractivity contribution in [3.8, 4) is 17.2 Å². The monoisotopic (exact) mass is 576 g/mol. The molecule has 9 nitrogen and oxygen atoms in total. The highest BCUT2D eigenvalue weighted by atomic mass is 17.2. The summed E-state index contributed by atoms with van der Waals surface area (Å²) in [6.07, 6.45) is 4.08. The number of aryl methyl sites for hydroxylation is 1. The van der Waals surface area contributed by atoms with E-state index in [4.69, 9.17) is 28.7 Å². The molecule has 3 aromatic carbocycles. The molecule has 9 heteroatoms. The van der Waals surface area contributed by atoms with Gasteiger partial charge in [0.05, 0.1) is 25.4 Å². The summed E-state index contributed by atoms with van der Waals surface area (Å²) in [6, 6.07) is 18.7. The lowest BCUT2D eigenvalue weighted by Crippen LogP contribution is -2.12.